The standard InChI is InChI=1S/C17H24N6O9S/c1-7(20-11(24)3-18)14-22-10(6-33-5-8(19)16(29)30)15(28)23(14)4-12(25)21-9(17(31)32)2-13(26)27/h6-9H,2-5,18-19H2,1H3,(H,20,24)(H,21,25)(H,26,27)(H,29,30)(H,31,32)/b10-6+/t7?,8?,9-/m0/s1. The fourth-order valence-electron chi connectivity index (χ4n) is 2.46. The molecule has 9 N–H and O–H groups in total. The van der Waals surface area contributed by atoms with Gasteiger partial charge in [-0.2, -0.15) is 0 Å². The number of carbonyl (C=O) groups excluding carboxylic acids is 3. The van der Waals surface area contributed by atoms with Crippen LogP contribution in [0.4, 0.5) is 0 Å². The summed E-state index contributed by atoms with van der Waals surface area (Å²) in [6.45, 7) is 0.388. The molecule has 1 aliphatic heterocycles. The molecular weight excluding hydrogens is 464 g/mol. The minimum atomic E-state index is -1.73. The van der Waals surface area contributed by atoms with Gasteiger partial charge in [0.25, 0.3) is 5.91 Å². The molecule has 16 heteroatoms. The molecule has 0 saturated heterocycles. The van der Waals surface area contributed by atoms with Crippen LogP contribution in [0.25, 0.3) is 0 Å². The molecule has 182 valence electrons. The van der Waals surface area contributed by atoms with E-state index in [4.69, 9.17) is 26.8 Å². The van der Waals surface area contributed by atoms with Gasteiger partial charge in [0.1, 0.15) is 30.2 Å². The molecule has 1 rings (SSSR count). The quantitative estimate of drug-likeness (QED) is 0.126. The molecular formula is C17H24N6O9S. The number of hydrogen-bond acceptors (Lipinski definition) is 10. The lowest BCUT2D eigenvalue weighted by molar-refractivity contribution is -0.147. The molecule has 2 unspecified atom stereocenters. The van der Waals surface area contributed by atoms with Gasteiger partial charge in [0.2, 0.25) is 11.8 Å². The zero-order chi connectivity index (χ0) is 25.3. The second-order valence-electron chi connectivity index (χ2n) is 6.69. The molecule has 33 heavy (non-hydrogen) atoms. The van der Waals surface area contributed by atoms with Crippen LogP contribution in [0, 0.1) is 0 Å². The number of aliphatic carboxylic acids is 3. The Morgan fingerprint density at radius 3 is 2.27 bits per heavy atom. The molecule has 1 heterocycles. The Morgan fingerprint density at radius 1 is 1.12 bits per heavy atom. The molecule has 0 aromatic carbocycles. The van der Waals surface area contributed by atoms with Crippen LogP contribution >= 0.6 is 11.8 Å². The normalized spacial score (nSPS) is 17.2. The van der Waals surface area contributed by atoms with Gasteiger partial charge in [0.05, 0.1) is 19.0 Å². The number of amidine groups is 1. The maximum absolute atomic E-state index is 12.8. The first-order valence-corrected chi connectivity index (χ1v) is 10.4. The van der Waals surface area contributed by atoms with Gasteiger partial charge in [0.15, 0.2) is 0 Å². The van der Waals surface area contributed by atoms with E-state index in [0.717, 1.165) is 16.7 Å². The van der Waals surface area contributed by atoms with Crippen molar-refractivity contribution in [1.82, 2.24) is 15.5 Å². The predicted octanol–water partition coefficient (Wildman–Crippen LogP) is -3.28. The highest BCUT2D eigenvalue weighted by Crippen LogP contribution is 2.20. The van der Waals surface area contributed by atoms with E-state index >= 15 is 0 Å². The van der Waals surface area contributed by atoms with Gasteiger partial charge in [0, 0.05) is 11.2 Å². The van der Waals surface area contributed by atoms with E-state index in [-0.39, 0.29) is 23.8 Å². The van der Waals surface area contributed by atoms with Crippen LogP contribution in [0.3, 0.4) is 0 Å². The Labute approximate surface area is 191 Å². The minimum absolute atomic E-state index is 0.0588. The summed E-state index contributed by atoms with van der Waals surface area (Å²) in [6.07, 6.45) is -0.884. The number of aliphatic imine (C=N–C) groups is 1. The summed E-state index contributed by atoms with van der Waals surface area (Å²) in [4.78, 5) is 74.5. The van der Waals surface area contributed by atoms with Crippen molar-refractivity contribution in [3.8, 4) is 0 Å². The van der Waals surface area contributed by atoms with Crippen LogP contribution in [-0.4, -0.2) is 98.7 Å². The second-order valence-corrected chi connectivity index (χ2v) is 7.59. The molecule has 3 atom stereocenters. The van der Waals surface area contributed by atoms with E-state index in [9.17, 15) is 28.8 Å². The first-order chi connectivity index (χ1) is 15.4. The van der Waals surface area contributed by atoms with Crippen LogP contribution in [0.15, 0.2) is 16.1 Å². The predicted molar refractivity (Wildman–Crippen MR) is 114 cm³/mol. The van der Waals surface area contributed by atoms with Crippen molar-refractivity contribution in [3.63, 3.8) is 0 Å². The summed E-state index contributed by atoms with van der Waals surface area (Å²) in [5, 5.41) is 32.4. The van der Waals surface area contributed by atoms with Crippen molar-refractivity contribution in [2.24, 2.45) is 16.5 Å². The number of amides is 3. The molecule has 0 aliphatic carbocycles. The molecule has 0 saturated carbocycles. The first kappa shape index (κ1) is 27.5. The molecule has 0 bridgehead atoms. The SMILES string of the molecule is CC(NC(=O)CN)C1=N/C(=C/SCC(N)C(=O)O)C(=O)N1CC(=O)N[C@@H](CC(=O)O)C(=O)O. The average Bonchev–Trinajstić information content (AvgIpc) is 3.02. The van der Waals surface area contributed by atoms with E-state index in [1.165, 1.54) is 12.3 Å². The van der Waals surface area contributed by atoms with Gasteiger partial charge in [-0.3, -0.25) is 28.9 Å². The Bertz CT molecular complexity index is 890. The third-order valence-corrected chi connectivity index (χ3v) is 4.97. The number of hydrogen-bond donors (Lipinski definition) is 7. The van der Waals surface area contributed by atoms with Crippen molar-refractivity contribution < 1.29 is 44.1 Å². The molecule has 1 aliphatic rings. The molecule has 0 fully saturated rings. The van der Waals surface area contributed by atoms with E-state index in [2.05, 4.69) is 10.3 Å². The maximum atomic E-state index is 12.8. The lowest BCUT2D eigenvalue weighted by Gasteiger charge is -2.23. The summed E-state index contributed by atoms with van der Waals surface area (Å²) >= 11 is 0.892. The van der Waals surface area contributed by atoms with Crippen molar-refractivity contribution in [2.75, 3.05) is 18.8 Å². The van der Waals surface area contributed by atoms with E-state index < -0.39 is 66.7 Å². The van der Waals surface area contributed by atoms with Gasteiger partial charge in [-0.1, -0.05) is 0 Å². The van der Waals surface area contributed by atoms with Crippen molar-refractivity contribution in [1.29, 1.82) is 0 Å². The smallest absolute Gasteiger partial charge is 0.326 e. The summed E-state index contributed by atoms with van der Waals surface area (Å²) in [7, 11) is 0. The Hall–Kier alpha value is -3.50. The monoisotopic (exact) mass is 488 g/mol. The Kier molecular flexibility index (Phi) is 10.4. The molecule has 0 radical (unpaired) electrons. The van der Waals surface area contributed by atoms with Gasteiger partial charge < -0.3 is 37.4 Å². The van der Waals surface area contributed by atoms with Crippen molar-refractivity contribution in [2.45, 2.75) is 31.5 Å². The van der Waals surface area contributed by atoms with E-state index in [1.807, 2.05) is 5.32 Å². The Morgan fingerprint density at radius 2 is 1.76 bits per heavy atom. The van der Waals surface area contributed by atoms with E-state index in [0.29, 0.717) is 0 Å². The zero-order valence-electron chi connectivity index (χ0n) is 17.4. The first-order valence-electron chi connectivity index (χ1n) is 9.31. The lowest BCUT2D eigenvalue weighted by Crippen LogP contribution is -2.52. The number of nitrogens with one attached hydrogen (secondary N) is 2. The summed E-state index contributed by atoms with van der Waals surface area (Å²) < 4.78 is 0. The topological polar surface area (TPSA) is 255 Å². The number of thioether (sulfide) groups is 1. The van der Waals surface area contributed by atoms with Crippen LogP contribution in [0.1, 0.15) is 13.3 Å². The van der Waals surface area contributed by atoms with Gasteiger partial charge in [-0.25, -0.2) is 9.79 Å². The third kappa shape index (κ3) is 8.51. The molecule has 0 aromatic heterocycles. The van der Waals surface area contributed by atoms with E-state index in [1.54, 1.807) is 0 Å². The summed E-state index contributed by atoms with van der Waals surface area (Å²) in [5.74, 6) is -6.75. The lowest BCUT2D eigenvalue weighted by atomic mass is 10.2. The highest BCUT2D eigenvalue weighted by atomic mass is 32.2. The van der Waals surface area contributed by atoms with Gasteiger partial charge >= 0.3 is 17.9 Å². The van der Waals surface area contributed by atoms with Crippen LogP contribution < -0.4 is 22.1 Å². The largest absolute Gasteiger partial charge is 0.481 e. The van der Waals surface area contributed by atoms with Crippen molar-refractivity contribution >= 4 is 53.2 Å². The fraction of sp³-hybridized carbons (Fsp3) is 0.471. The van der Waals surface area contributed by atoms with Crippen LogP contribution in [-0.2, 0) is 28.8 Å². The van der Waals surface area contributed by atoms with Gasteiger partial charge in [-0.05, 0) is 6.92 Å². The average molecular weight is 488 g/mol. The Balaban J connectivity index is 3.06. The molecule has 0 aromatic rings. The minimum Gasteiger partial charge on any atom is -0.481 e. The molecule has 3 amide bonds. The maximum Gasteiger partial charge on any atom is 0.326 e. The summed E-state index contributed by atoms with van der Waals surface area (Å²) in [6, 6.07) is -3.81. The highest BCUT2D eigenvalue weighted by molar-refractivity contribution is 8.02. The van der Waals surface area contributed by atoms with Crippen molar-refractivity contribution in [3.05, 3.63) is 11.1 Å². The second kappa shape index (κ2) is 12.5. The van der Waals surface area contributed by atoms with Crippen LogP contribution in [0.2, 0.25) is 0 Å². The zero-order valence-corrected chi connectivity index (χ0v) is 18.2. The fourth-order valence-corrected chi connectivity index (χ4v) is 3.22. The number of carboxylic acid groups (broad SMARTS) is 3. The number of carbonyl (C=O) groups is 6. The van der Waals surface area contributed by atoms with Gasteiger partial charge in [-0.15, -0.1) is 11.8 Å². The number of carboxylic acids is 3. The third-order valence-electron chi connectivity index (χ3n) is 4.03. The number of rotatable bonds is 13. The van der Waals surface area contributed by atoms with Crippen LogP contribution in [0.5, 0.6) is 0 Å². The molecule has 0 spiro atoms. The molecule has 15 nitrogen and oxygen atoms in total. The number of nitrogens with two attached hydrogens (primary N) is 2. The summed E-state index contributed by atoms with van der Waals surface area (Å²) in [5.41, 5.74) is 10.5. The number of nitrogens with zero attached hydrogens (tertiary/aromatic N) is 2. The highest BCUT2D eigenvalue weighted by Gasteiger charge is 2.36.